The SMILES string of the molecule is CCNC(=NCCc1ccccn1)NCCc1c(F)cccc1Cl.I. The molecular formula is C18H23ClFIN4. The number of aliphatic imine (C=N–C) groups is 1. The highest BCUT2D eigenvalue weighted by Gasteiger charge is 2.06. The van der Waals surface area contributed by atoms with Crippen LogP contribution in [0.5, 0.6) is 0 Å². The van der Waals surface area contributed by atoms with Crippen LogP contribution in [-0.4, -0.2) is 30.6 Å². The molecule has 4 nitrogen and oxygen atoms in total. The first-order valence-electron chi connectivity index (χ1n) is 8.05. The number of hydrogen-bond donors (Lipinski definition) is 2. The molecule has 1 aromatic carbocycles. The van der Waals surface area contributed by atoms with Gasteiger partial charge in [-0.15, -0.1) is 24.0 Å². The second kappa shape index (κ2) is 12.0. The predicted molar refractivity (Wildman–Crippen MR) is 112 cm³/mol. The Morgan fingerprint density at radius 2 is 2.00 bits per heavy atom. The van der Waals surface area contributed by atoms with Gasteiger partial charge >= 0.3 is 0 Å². The van der Waals surface area contributed by atoms with E-state index >= 15 is 0 Å². The molecule has 0 aliphatic rings. The molecule has 0 radical (unpaired) electrons. The van der Waals surface area contributed by atoms with Crippen molar-refractivity contribution in [2.75, 3.05) is 19.6 Å². The van der Waals surface area contributed by atoms with Crippen molar-refractivity contribution in [1.82, 2.24) is 15.6 Å². The number of aromatic nitrogens is 1. The number of nitrogens with one attached hydrogen (secondary N) is 2. The highest BCUT2D eigenvalue weighted by atomic mass is 127. The molecule has 0 amide bonds. The standard InChI is InChI=1S/C18H22ClFN4.HI/c1-2-21-18(23-12-9-14-6-3-4-11-22-14)24-13-10-15-16(19)7-5-8-17(15)20;/h3-8,11H,2,9-10,12-13H2,1H3,(H2,21,23,24);1H. The summed E-state index contributed by atoms with van der Waals surface area (Å²) in [5.41, 5.74) is 1.53. The Kier molecular flexibility index (Phi) is 10.4. The van der Waals surface area contributed by atoms with Gasteiger partial charge < -0.3 is 10.6 Å². The third kappa shape index (κ3) is 7.56. The number of nitrogens with zero attached hydrogens (tertiary/aromatic N) is 2. The average Bonchev–Trinajstić information content (AvgIpc) is 2.58. The normalized spacial score (nSPS) is 10.9. The molecule has 0 bridgehead atoms. The van der Waals surface area contributed by atoms with E-state index in [1.165, 1.54) is 6.07 Å². The fraction of sp³-hybridized carbons (Fsp3) is 0.333. The Bertz CT molecular complexity index is 647. The Labute approximate surface area is 170 Å². The summed E-state index contributed by atoms with van der Waals surface area (Å²) in [5.74, 6) is 0.433. The topological polar surface area (TPSA) is 49.3 Å². The zero-order valence-electron chi connectivity index (χ0n) is 14.1. The van der Waals surface area contributed by atoms with Crippen LogP contribution in [0.4, 0.5) is 4.39 Å². The van der Waals surface area contributed by atoms with Crippen molar-refractivity contribution < 1.29 is 4.39 Å². The van der Waals surface area contributed by atoms with E-state index in [4.69, 9.17) is 11.6 Å². The fourth-order valence-electron chi connectivity index (χ4n) is 2.25. The molecular weight excluding hydrogens is 454 g/mol. The molecule has 1 heterocycles. The van der Waals surface area contributed by atoms with Gasteiger partial charge in [0.05, 0.1) is 0 Å². The van der Waals surface area contributed by atoms with Crippen LogP contribution in [0.15, 0.2) is 47.6 Å². The Balaban J connectivity index is 0.00000312. The van der Waals surface area contributed by atoms with Gasteiger partial charge in [0, 0.05) is 48.5 Å². The van der Waals surface area contributed by atoms with Crippen molar-refractivity contribution in [1.29, 1.82) is 0 Å². The van der Waals surface area contributed by atoms with Crippen LogP contribution in [0, 0.1) is 5.82 Å². The van der Waals surface area contributed by atoms with Gasteiger partial charge in [-0.05, 0) is 37.6 Å². The lowest BCUT2D eigenvalue weighted by Crippen LogP contribution is -2.38. The number of pyridine rings is 1. The van der Waals surface area contributed by atoms with Crippen molar-refractivity contribution >= 4 is 41.5 Å². The molecule has 1 aromatic heterocycles. The van der Waals surface area contributed by atoms with Crippen molar-refractivity contribution in [3.05, 3.63) is 64.7 Å². The summed E-state index contributed by atoms with van der Waals surface area (Å²) < 4.78 is 13.7. The molecule has 136 valence electrons. The molecule has 0 spiro atoms. The van der Waals surface area contributed by atoms with Gasteiger partial charge in [0.1, 0.15) is 5.82 Å². The van der Waals surface area contributed by atoms with E-state index in [1.807, 2.05) is 25.1 Å². The lowest BCUT2D eigenvalue weighted by Gasteiger charge is -2.12. The van der Waals surface area contributed by atoms with E-state index in [-0.39, 0.29) is 29.8 Å². The summed E-state index contributed by atoms with van der Waals surface area (Å²) >= 11 is 6.04. The maximum absolute atomic E-state index is 13.7. The van der Waals surface area contributed by atoms with Crippen molar-refractivity contribution in [2.45, 2.75) is 19.8 Å². The van der Waals surface area contributed by atoms with E-state index < -0.39 is 0 Å². The second-order valence-corrected chi connectivity index (χ2v) is 5.62. The van der Waals surface area contributed by atoms with Crippen molar-refractivity contribution in [2.24, 2.45) is 4.99 Å². The van der Waals surface area contributed by atoms with Crippen LogP contribution in [-0.2, 0) is 12.8 Å². The lowest BCUT2D eigenvalue weighted by atomic mass is 10.1. The van der Waals surface area contributed by atoms with Gasteiger partial charge in [0.15, 0.2) is 5.96 Å². The van der Waals surface area contributed by atoms with Gasteiger partial charge in [-0.2, -0.15) is 0 Å². The van der Waals surface area contributed by atoms with Gasteiger partial charge in [-0.3, -0.25) is 9.98 Å². The van der Waals surface area contributed by atoms with E-state index in [2.05, 4.69) is 20.6 Å². The molecule has 0 saturated heterocycles. The van der Waals surface area contributed by atoms with Crippen LogP contribution < -0.4 is 10.6 Å². The number of halogens is 3. The maximum atomic E-state index is 13.7. The van der Waals surface area contributed by atoms with Gasteiger partial charge in [0.25, 0.3) is 0 Å². The predicted octanol–water partition coefficient (Wildman–Crippen LogP) is 3.83. The van der Waals surface area contributed by atoms with Gasteiger partial charge in [-0.1, -0.05) is 23.7 Å². The summed E-state index contributed by atoms with van der Waals surface area (Å²) in [7, 11) is 0. The Morgan fingerprint density at radius 1 is 1.16 bits per heavy atom. The largest absolute Gasteiger partial charge is 0.357 e. The molecule has 2 N–H and O–H groups in total. The van der Waals surface area contributed by atoms with E-state index in [1.54, 1.807) is 18.3 Å². The number of hydrogen-bond acceptors (Lipinski definition) is 2. The van der Waals surface area contributed by atoms with Crippen LogP contribution in [0.2, 0.25) is 5.02 Å². The molecule has 2 rings (SSSR count). The quantitative estimate of drug-likeness (QED) is 0.363. The maximum Gasteiger partial charge on any atom is 0.191 e. The lowest BCUT2D eigenvalue weighted by molar-refractivity contribution is 0.607. The minimum Gasteiger partial charge on any atom is -0.357 e. The average molecular weight is 477 g/mol. The summed E-state index contributed by atoms with van der Waals surface area (Å²) in [6, 6.07) is 10.6. The van der Waals surface area contributed by atoms with E-state index in [0.717, 1.165) is 18.7 Å². The first kappa shape index (κ1) is 21.6. The third-order valence-corrected chi connectivity index (χ3v) is 3.79. The molecule has 0 aliphatic carbocycles. The number of benzene rings is 1. The first-order valence-corrected chi connectivity index (χ1v) is 8.43. The molecule has 25 heavy (non-hydrogen) atoms. The minimum atomic E-state index is -0.276. The molecule has 0 fully saturated rings. The fourth-order valence-corrected chi connectivity index (χ4v) is 2.50. The molecule has 0 saturated carbocycles. The summed E-state index contributed by atoms with van der Waals surface area (Å²) in [4.78, 5) is 8.79. The summed E-state index contributed by atoms with van der Waals surface area (Å²) in [5, 5.41) is 6.83. The number of rotatable bonds is 7. The highest BCUT2D eigenvalue weighted by molar-refractivity contribution is 14.0. The second-order valence-electron chi connectivity index (χ2n) is 5.21. The van der Waals surface area contributed by atoms with Crippen LogP contribution in [0.3, 0.4) is 0 Å². The molecule has 7 heteroatoms. The smallest absolute Gasteiger partial charge is 0.191 e. The Morgan fingerprint density at radius 3 is 2.68 bits per heavy atom. The molecule has 0 unspecified atom stereocenters. The van der Waals surface area contributed by atoms with Crippen molar-refractivity contribution in [3.8, 4) is 0 Å². The summed E-state index contributed by atoms with van der Waals surface area (Å²) in [6.07, 6.45) is 3.05. The van der Waals surface area contributed by atoms with E-state index in [9.17, 15) is 4.39 Å². The minimum absolute atomic E-state index is 0. The van der Waals surface area contributed by atoms with Crippen LogP contribution in [0.25, 0.3) is 0 Å². The van der Waals surface area contributed by atoms with Crippen LogP contribution in [0.1, 0.15) is 18.2 Å². The monoisotopic (exact) mass is 476 g/mol. The van der Waals surface area contributed by atoms with Crippen molar-refractivity contribution in [3.63, 3.8) is 0 Å². The highest BCUT2D eigenvalue weighted by Crippen LogP contribution is 2.18. The zero-order valence-corrected chi connectivity index (χ0v) is 17.2. The first-order chi connectivity index (χ1) is 11.7. The van der Waals surface area contributed by atoms with Gasteiger partial charge in [-0.25, -0.2) is 4.39 Å². The molecule has 0 aliphatic heterocycles. The third-order valence-electron chi connectivity index (χ3n) is 3.44. The number of guanidine groups is 1. The molecule has 2 aromatic rings. The zero-order chi connectivity index (χ0) is 17.2. The Hall–Kier alpha value is -1.41. The van der Waals surface area contributed by atoms with Gasteiger partial charge in [0.2, 0.25) is 0 Å². The van der Waals surface area contributed by atoms with Crippen LogP contribution >= 0.6 is 35.6 Å². The summed E-state index contributed by atoms with van der Waals surface area (Å²) in [6.45, 7) is 3.95. The molecule has 0 atom stereocenters. The van der Waals surface area contributed by atoms with E-state index in [0.29, 0.717) is 36.1 Å².